The summed E-state index contributed by atoms with van der Waals surface area (Å²) in [5.74, 6) is 1.41. The molecule has 3 rings (SSSR count). The zero-order chi connectivity index (χ0) is 13.2. The first kappa shape index (κ1) is 12.0. The highest BCUT2D eigenvalue weighted by atomic mass is 79.9. The number of aromatic nitrogens is 2. The third-order valence-electron chi connectivity index (χ3n) is 2.70. The summed E-state index contributed by atoms with van der Waals surface area (Å²) >= 11 is 3.45. The Hall–Kier alpha value is -2.08. The van der Waals surface area contributed by atoms with Gasteiger partial charge in [0.25, 0.3) is 0 Å². The van der Waals surface area contributed by atoms with Gasteiger partial charge < -0.3 is 14.6 Å². The van der Waals surface area contributed by atoms with Crippen molar-refractivity contribution in [2.75, 3.05) is 12.4 Å². The van der Waals surface area contributed by atoms with E-state index in [4.69, 9.17) is 9.26 Å². The van der Waals surface area contributed by atoms with E-state index in [9.17, 15) is 0 Å². The number of hydrogen-bond donors (Lipinski definition) is 1. The van der Waals surface area contributed by atoms with Gasteiger partial charge in [-0.1, -0.05) is 5.16 Å². The van der Waals surface area contributed by atoms with E-state index < -0.39 is 0 Å². The fourth-order valence-corrected chi connectivity index (χ4v) is 2.13. The highest BCUT2D eigenvalue weighted by Gasteiger charge is 2.10. The van der Waals surface area contributed by atoms with Crippen molar-refractivity contribution in [1.82, 2.24) is 10.1 Å². The quantitative estimate of drug-likeness (QED) is 0.796. The summed E-state index contributed by atoms with van der Waals surface area (Å²) < 4.78 is 11.3. The Morgan fingerprint density at radius 2 is 2.26 bits per heavy atom. The molecule has 0 fully saturated rings. The summed E-state index contributed by atoms with van der Waals surface area (Å²) in [4.78, 5) is 4.27. The average molecular weight is 320 g/mol. The van der Waals surface area contributed by atoms with Crippen LogP contribution < -0.4 is 10.1 Å². The lowest BCUT2D eigenvalue weighted by molar-refractivity contribution is 0.412. The second-order valence-corrected chi connectivity index (χ2v) is 4.73. The molecule has 0 amide bonds. The number of hydrogen-bond acceptors (Lipinski definition) is 5. The molecule has 0 aliphatic rings. The van der Waals surface area contributed by atoms with Crippen LogP contribution in [0, 0.1) is 0 Å². The smallest absolute Gasteiger partial charge is 0.172 e. The average Bonchev–Trinajstić information content (AvgIpc) is 2.89. The van der Waals surface area contributed by atoms with Crippen LogP contribution in [-0.4, -0.2) is 17.3 Å². The molecule has 3 aromatic rings. The van der Waals surface area contributed by atoms with E-state index in [1.54, 1.807) is 25.6 Å². The normalized spacial score (nSPS) is 10.6. The number of fused-ring (bicyclic) bond motifs is 1. The predicted octanol–water partition coefficient (Wildman–Crippen LogP) is 3.74. The van der Waals surface area contributed by atoms with Crippen molar-refractivity contribution in [3.8, 4) is 5.75 Å². The third-order valence-corrected chi connectivity index (χ3v) is 3.34. The van der Waals surface area contributed by atoms with Crippen LogP contribution in [0.2, 0.25) is 0 Å². The van der Waals surface area contributed by atoms with Crippen molar-refractivity contribution in [2.24, 2.45) is 0 Å². The topological polar surface area (TPSA) is 60.2 Å². The van der Waals surface area contributed by atoms with Crippen molar-refractivity contribution in [3.05, 3.63) is 41.1 Å². The molecule has 0 unspecified atom stereocenters. The predicted molar refractivity (Wildman–Crippen MR) is 75.8 cm³/mol. The maximum atomic E-state index is 5.24. The maximum Gasteiger partial charge on any atom is 0.172 e. The van der Waals surface area contributed by atoms with Gasteiger partial charge in [0.05, 0.1) is 28.9 Å². The number of rotatable bonds is 3. The van der Waals surface area contributed by atoms with Crippen molar-refractivity contribution < 1.29 is 9.26 Å². The highest BCUT2D eigenvalue weighted by molar-refractivity contribution is 9.10. The number of anilines is 2. The number of nitrogens with one attached hydrogen (secondary N) is 1. The number of ether oxygens (including phenoxy) is 1. The first-order valence-corrected chi connectivity index (χ1v) is 6.37. The van der Waals surface area contributed by atoms with E-state index in [0.29, 0.717) is 11.3 Å². The van der Waals surface area contributed by atoms with Crippen LogP contribution >= 0.6 is 15.9 Å². The summed E-state index contributed by atoms with van der Waals surface area (Å²) in [6, 6.07) is 7.44. The first-order chi connectivity index (χ1) is 9.28. The van der Waals surface area contributed by atoms with Crippen LogP contribution in [0.25, 0.3) is 11.0 Å². The lowest BCUT2D eigenvalue weighted by atomic mass is 10.2. The molecule has 1 N–H and O–H groups in total. The Balaban J connectivity index is 2.09. The Morgan fingerprint density at radius 3 is 3.05 bits per heavy atom. The summed E-state index contributed by atoms with van der Waals surface area (Å²) in [5.41, 5.74) is 1.49. The van der Waals surface area contributed by atoms with Gasteiger partial charge in [0, 0.05) is 18.3 Å². The molecule has 0 spiro atoms. The van der Waals surface area contributed by atoms with Crippen LogP contribution in [0.15, 0.2) is 45.7 Å². The molecule has 0 saturated carbocycles. The molecule has 96 valence electrons. The largest absolute Gasteiger partial charge is 0.497 e. The van der Waals surface area contributed by atoms with Gasteiger partial charge in [-0.2, -0.15) is 0 Å². The van der Waals surface area contributed by atoms with E-state index in [0.717, 1.165) is 21.4 Å². The first-order valence-electron chi connectivity index (χ1n) is 5.58. The van der Waals surface area contributed by atoms with Crippen LogP contribution in [0.4, 0.5) is 11.5 Å². The van der Waals surface area contributed by atoms with Crippen molar-refractivity contribution in [2.45, 2.75) is 0 Å². The molecular weight excluding hydrogens is 310 g/mol. The van der Waals surface area contributed by atoms with Crippen molar-refractivity contribution in [3.63, 3.8) is 0 Å². The lowest BCUT2D eigenvalue weighted by Gasteiger charge is -2.09. The number of halogens is 1. The van der Waals surface area contributed by atoms with Crippen molar-refractivity contribution in [1.29, 1.82) is 0 Å². The summed E-state index contributed by atoms with van der Waals surface area (Å²) in [5, 5.41) is 7.91. The molecule has 2 aromatic heterocycles. The number of nitrogens with zero attached hydrogens (tertiary/aromatic N) is 2. The summed E-state index contributed by atoms with van der Waals surface area (Å²) in [6.45, 7) is 0. The van der Waals surface area contributed by atoms with Gasteiger partial charge >= 0.3 is 0 Å². The van der Waals surface area contributed by atoms with Crippen LogP contribution in [-0.2, 0) is 0 Å². The zero-order valence-corrected chi connectivity index (χ0v) is 11.6. The molecule has 0 aliphatic heterocycles. The van der Waals surface area contributed by atoms with E-state index in [1.165, 1.54) is 0 Å². The van der Waals surface area contributed by atoms with Gasteiger partial charge in [-0.05, 0) is 28.1 Å². The Labute approximate surface area is 117 Å². The molecule has 2 heterocycles. The molecule has 6 heteroatoms. The molecule has 0 saturated heterocycles. The van der Waals surface area contributed by atoms with Crippen LogP contribution in [0.5, 0.6) is 5.75 Å². The third kappa shape index (κ3) is 2.26. The molecule has 1 aromatic carbocycles. The van der Waals surface area contributed by atoms with Gasteiger partial charge in [-0.3, -0.25) is 0 Å². The molecular formula is C13H10BrN3O2. The molecule has 19 heavy (non-hydrogen) atoms. The van der Waals surface area contributed by atoms with Crippen LogP contribution in [0.3, 0.4) is 0 Å². The Kier molecular flexibility index (Phi) is 3.08. The Bertz CT molecular complexity index is 727. The van der Waals surface area contributed by atoms with E-state index >= 15 is 0 Å². The molecule has 0 aliphatic carbocycles. The van der Waals surface area contributed by atoms with Gasteiger partial charge in [-0.25, -0.2) is 4.98 Å². The zero-order valence-electron chi connectivity index (χ0n) is 10.1. The number of benzene rings is 1. The SMILES string of the molecule is COc1cc(Nc2ncccc2Br)c2cnoc2c1. The standard InChI is InChI=1S/C13H10BrN3O2/c1-18-8-5-11(9-7-16-19-12(9)6-8)17-13-10(14)3-2-4-15-13/h2-7H,1H3,(H,15,17). The van der Waals surface area contributed by atoms with Gasteiger partial charge in [0.2, 0.25) is 0 Å². The fraction of sp³-hybridized carbons (Fsp3) is 0.0769. The second-order valence-electron chi connectivity index (χ2n) is 3.87. The molecule has 0 radical (unpaired) electrons. The summed E-state index contributed by atoms with van der Waals surface area (Å²) in [7, 11) is 1.61. The highest BCUT2D eigenvalue weighted by Crippen LogP contribution is 2.32. The maximum absolute atomic E-state index is 5.24. The summed E-state index contributed by atoms with van der Waals surface area (Å²) in [6.07, 6.45) is 3.38. The minimum atomic E-state index is 0.661. The van der Waals surface area contributed by atoms with Gasteiger partial charge in [0.1, 0.15) is 11.6 Å². The Morgan fingerprint density at radius 1 is 1.37 bits per heavy atom. The second kappa shape index (κ2) is 4.89. The van der Waals surface area contributed by atoms with Crippen LogP contribution in [0.1, 0.15) is 0 Å². The monoisotopic (exact) mass is 319 g/mol. The minimum Gasteiger partial charge on any atom is -0.497 e. The van der Waals surface area contributed by atoms with Gasteiger partial charge in [-0.15, -0.1) is 0 Å². The lowest BCUT2D eigenvalue weighted by Crippen LogP contribution is -1.95. The molecule has 0 bridgehead atoms. The van der Waals surface area contributed by atoms with Gasteiger partial charge in [0.15, 0.2) is 5.58 Å². The molecule has 0 atom stereocenters. The van der Waals surface area contributed by atoms with E-state index in [-0.39, 0.29) is 0 Å². The minimum absolute atomic E-state index is 0.661. The van der Waals surface area contributed by atoms with E-state index in [2.05, 4.69) is 31.4 Å². The fourth-order valence-electron chi connectivity index (χ4n) is 1.77. The van der Waals surface area contributed by atoms with E-state index in [1.807, 2.05) is 18.2 Å². The van der Waals surface area contributed by atoms with Crippen molar-refractivity contribution >= 4 is 38.4 Å². The number of methoxy groups -OCH3 is 1. The molecule has 5 nitrogen and oxygen atoms in total. The number of pyridine rings is 1.